The summed E-state index contributed by atoms with van der Waals surface area (Å²) < 4.78 is 5.71. The number of nitrogens with two attached hydrogens (primary N) is 1. The molecule has 1 saturated carbocycles. The topological polar surface area (TPSA) is 50.5 Å². The van der Waals surface area contributed by atoms with Gasteiger partial charge in [-0.25, -0.2) is 0 Å². The molecule has 3 N–H and O–H groups in total. The summed E-state index contributed by atoms with van der Waals surface area (Å²) in [6.07, 6.45) is 2.82. The smallest absolute Gasteiger partial charge is 0.144 e. The first kappa shape index (κ1) is 15.0. The van der Waals surface area contributed by atoms with Crippen LogP contribution >= 0.6 is 0 Å². The molecule has 0 spiro atoms. The summed E-state index contributed by atoms with van der Waals surface area (Å²) in [5, 5.41) is 3.47. The van der Waals surface area contributed by atoms with Gasteiger partial charge >= 0.3 is 0 Å². The van der Waals surface area contributed by atoms with Crippen molar-refractivity contribution in [2.24, 2.45) is 0 Å². The first-order chi connectivity index (χ1) is 9.47. The van der Waals surface area contributed by atoms with Crippen molar-refractivity contribution in [3.63, 3.8) is 0 Å². The van der Waals surface area contributed by atoms with E-state index in [1.54, 1.807) is 0 Å². The quantitative estimate of drug-likeness (QED) is 0.752. The maximum Gasteiger partial charge on any atom is 0.144 e. The van der Waals surface area contributed by atoms with Crippen LogP contribution in [0.2, 0.25) is 0 Å². The Morgan fingerprint density at radius 1 is 1.35 bits per heavy atom. The number of anilines is 2. The van der Waals surface area contributed by atoms with Gasteiger partial charge in [-0.05, 0) is 52.8 Å². The van der Waals surface area contributed by atoms with E-state index in [1.165, 1.54) is 12.8 Å². The normalized spacial score (nSPS) is 16.5. The molecule has 112 valence electrons. The van der Waals surface area contributed by atoms with Crippen LogP contribution in [0, 0.1) is 0 Å². The van der Waals surface area contributed by atoms with Crippen molar-refractivity contribution >= 4 is 11.4 Å². The predicted molar refractivity (Wildman–Crippen MR) is 85.4 cm³/mol. The molecular weight excluding hydrogens is 250 g/mol. The van der Waals surface area contributed by atoms with E-state index in [0.717, 1.165) is 24.0 Å². The van der Waals surface area contributed by atoms with Crippen LogP contribution in [0.3, 0.4) is 0 Å². The van der Waals surface area contributed by atoms with E-state index < -0.39 is 0 Å². The number of rotatable bonds is 7. The van der Waals surface area contributed by atoms with Crippen molar-refractivity contribution in [2.75, 3.05) is 24.6 Å². The molecule has 2 rings (SSSR count). The first-order valence-electron chi connectivity index (χ1n) is 7.49. The Bertz CT molecular complexity index is 443. The number of nitrogens with one attached hydrogen (secondary N) is 1. The van der Waals surface area contributed by atoms with Crippen molar-refractivity contribution in [3.8, 4) is 5.75 Å². The van der Waals surface area contributed by atoms with Gasteiger partial charge in [-0.3, -0.25) is 4.90 Å². The Morgan fingerprint density at radius 2 is 2.05 bits per heavy atom. The van der Waals surface area contributed by atoms with Crippen molar-refractivity contribution in [1.82, 2.24) is 4.90 Å². The van der Waals surface area contributed by atoms with Crippen molar-refractivity contribution in [2.45, 2.75) is 51.8 Å². The number of likely N-dealkylation sites (N-methyl/N-ethyl adjacent to an activating group) is 1. The van der Waals surface area contributed by atoms with Gasteiger partial charge in [0.15, 0.2) is 0 Å². The third-order valence-electron chi connectivity index (χ3n) is 3.80. The summed E-state index contributed by atoms with van der Waals surface area (Å²) in [6, 6.07) is 7.20. The number of benzene rings is 1. The lowest BCUT2D eigenvalue weighted by molar-refractivity contribution is 0.244. The molecule has 20 heavy (non-hydrogen) atoms. The maximum atomic E-state index is 5.93. The lowest BCUT2D eigenvalue weighted by atomic mass is 10.2. The molecule has 0 bridgehead atoms. The second kappa shape index (κ2) is 6.35. The molecule has 1 aromatic carbocycles. The first-order valence-corrected chi connectivity index (χ1v) is 7.49. The van der Waals surface area contributed by atoms with Gasteiger partial charge in [0.1, 0.15) is 5.75 Å². The van der Waals surface area contributed by atoms with E-state index in [1.807, 2.05) is 32.0 Å². The third-order valence-corrected chi connectivity index (χ3v) is 3.80. The van der Waals surface area contributed by atoms with E-state index in [-0.39, 0.29) is 6.10 Å². The van der Waals surface area contributed by atoms with E-state index >= 15 is 0 Å². The highest BCUT2D eigenvalue weighted by Gasteiger charge is 2.28. The highest BCUT2D eigenvalue weighted by atomic mass is 16.5. The molecule has 1 aliphatic rings. The van der Waals surface area contributed by atoms with Crippen LogP contribution in [0.25, 0.3) is 0 Å². The summed E-state index contributed by atoms with van der Waals surface area (Å²) in [5.74, 6) is 0.758. The van der Waals surface area contributed by atoms with Gasteiger partial charge in [0.05, 0.1) is 11.8 Å². The molecule has 0 heterocycles. The van der Waals surface area contributed by atoms with Gasteiger partial charge in [0.25, 0.3) is 0 Å². The molecule has 0 radical (unpaired) electrons. The molecule has 1 aromatic rings. The Morgan fingerprint density at radius 3 is 2.65 bits per heavy atom. The van der Waals surface area contributed by atoms with Gasteiger partial charge in [-0.15, -0.1) is 0 Å². The minimum absolute atomic E-state index is 0.132. The number of nitrogen functional groups attached to an aromatic ring is 1. The van der Waals surface area contributed by atoms with Crippen molar-refractivity contribution in [3.05, 3.63) is 18.2 Å². The molecular formula is C16H27N3O. The molecule has 0 amide bonds. The zero-order valence-corrected chi connectivity index (χ0v) is 13.0. The molecule has 4 nitrogen and oxygen atoms in total. The van der Waals surface area contributed by atoms with Crippen LogP contribution in [0.15, 0.2) is 18.2 Å². The predicted octanol–water partition coefficient (Wildman–Crippen LogP) is 2.95. The van der Waals surface area contributed by atoms with Crippen LogP contribution in [0.5, 0.6) is 5.75 Å². The summed E-state index contributed by atoms with van der Waals surface area (Å²) >= 11 is 0. The molecule has 1 unspecified atom stereocenters. The summed E-state index contributed by atoms with van der Waals surface area (Å²) in [6.45, 7) is 7.20. The average molecular weight is 277 g/mol. The van der Waals surface area contributed by atoms with E-state index in [0.29, 0.717) is 11.7 Å². The lowest BCUT2D eigenvalue weighted by Gasteiger charge is -2.25. The largest absolute Gasteiger partial charge is 0.489 e. The Labute approximate surface area is 122 Å². The molecule has 1 aliphatic carbocycles. The molecule has 1 atom stereocenters. The maximum absolute atomic E-state index is 5.93. The van der Waals surface area contributed by atoms with Crippen LogP contribution in [0.4, 0.5) is 11.4 Å². The average Bonchev–Trinajstić information content (AvgIpc) is 3.22. The van der Waals surface area contributed by atoms with Gasteiger partial charge in [0, 0.05) is 30.4 Å². The minimum Gasteiger partial charge on any atom is -0.489 e. The number of ether oxygens (including phenoxy) is 1. The summed E-state index contributed by atoms with van der Waals surface area (Å²) in [7, 11) is 2.21. The number of hydrogen-bond acceptors (Lipinski definition) is 4. The fraction of sp³-hybridized carbons (Fsp3) is 0.625. The molecule has 0 aliphatic heterocycles. The summed E-state index contributed by atoms with van der Waals surface area (Å²) in [5.41, 5.74) is 7.68. The van der Waals surface area contributed by atoms with E-state index in [9.17, 15) is 0 Å². The Balaban J connectivity index is 1.91. The second-order valence-electron chi connectivity index (χ2n) is 6.05. The molecule has 4 heteroatoms. The zero-order chi connectivity index (χ0) is 14.7. The van der Waals surface area contributed by atoms with E-state index in [4.69, 9.17) is 10.5 Å². The highest BCUT2D eigenvalue weighted by Crippen LogP contribution is 2.28. The highest BCUT2D eigenvalue weighted by molar-refractivity contribution is 5.61. The van der Waals surface area contributed by atoms with Crippen LogP contribution in [-0.4, -0.2) is 36.7 Å². The van der Waals surface area contributed by atoms with Crippen LogP contribution in [-0.2, 0) is 0 Å². The second-order valence-corrected chi connectivity index (χ2v) is 6.05. The SMILES string of the molecule is CC(C)Oc1cc(NCC(C)N(C)C2CC2)ccc1N. The van der Waals surface area contributed by atoms with Crippen molar-refractivity contribution < 1.29 is 4.74 Å². The molecule has 1 fully saturated rings. The van der Waals surface area contributed by atoms with Crippen LogP contribution in [0.1, 0.15) is 33.6 Å². The lowest BCUT2D eigenvalue weighted by Crippen LogP contribution is -2.36. The fourth-order valence-electron chi connectivity index (χ4n) is 2.25. The minimum atomic E-state index is 0.132. The summed E-state index contributed by atoms with van der Waals surface area (Å²) in [4.78, 5) is 2.45. The number of nitrogens with zero attached hydrogens (tertiary/aromatic N) is 1. The standard InChI is InChI=1S/C16H27N3O/c1-11(2)20-16-9-13(5-8-15(16)17)18-10-12(3)19(4)14-6-7-14/h5,8-9,11-12,14,18H,6-7,10,17H2,1-4H3. The van der Waals surface area contributed by atoms with Crippen molar-refractivity contribution in [1.29, 1.82) is 0 Å². The molecule has 0 aromatic heterocycles. The monoisotopic (exact) mass is 277 g/mol. The fourth-order valence-corrected chi connectivity index (χ4v) is 2.25. The number of hydrogen-bond donors (Lipinski definition) is 2. The Kier molecular flexibility index (Phi) is 4.76. The van der Waals surface area contributed by atoms with Gasteiger partial charge in [0.2, 0.25) is 0 Å². The van der Waals surface area contributed by atoms with Gasteiger partial charge in [-0.2, -0.15) is 0 Å². The van der Waals surface area contributed by atoms with E-state index in [2.05, 4.69) is 24.2 Å². The zero-order valence-electron chi connectivity index (χ0n) is 13.0. The van der Waals surface area contributed by atoms with Gasteiger partial charge in [-0.1, -0.05) is 0 Å². The van der Waals surface area contributed by atoms with Gasteiger partial charge < -0.3 is 15.8 Å². The Hall–Kier alpha value is -1.42. The third kappa shape index (κ3) is 4.04. The molecule has 0 saturated heterocycles. The van der Waals surface area contributed by atoms with Crippen LogP contribution < -0.4 is 15.8 Å².